The predicted octanol–water partition coefficient (Wildman–Crippen LogP) is 1.79. The molecule has 0 saturated heterocycles. The van der Waals surface area contributed by atoms with Crippen LogP contribution in [0.2, 0.25) is 0 Å². The van der Waals surface area contributed by atoms with Crippen molar-refractivity contribution in [1.29, 1.82) is 0 Å². The third kappa shape index (κ3) is 2.19. The molecule has 54 valence electrons. The Labute approximate surface area is 57.9 Å². The molecule has 0 aliphatic rings. The molecule has 0 aliphatic carbocycles. The van der Waals surface area contributed by atoms with Gasteiger partial charge in [0.25, 0.3) is 0 Å². The van der Waals surface area contributed by atoms with Gasteiger partial charge in [-0.1, -0.05) is 26.8 Å². The minimum absolute atomic E-state index is 0.210. The molecule has 0 fully saturated rings. The van der Waals surface area contributed by atoms with Crippen molar-refractivity contribution in [2.75, 3.05) is 6.54 Å². The largest absolute Gasteiger partial charge is 0.330 e. The molecule has 0 aliphatic heterocycles. The third-order valence-corrected chi connectivity index (χ3v) is 2.11. The average Bonchev–Trinajstić information content (AvgIpc) is 1.86. The summed E-state index contributed by atoms with van der Waals surface area (Å²) < 4.78 is 0. The first kappa shape index (κ1) is 8.70. The lowest BCUT2D eigenvalue weighted by Crippen LogP contribution is -2.29. The highest BCUT2D eigenvalue weighted by molar-refractivity contribution is 4.87. The Hall–Kier alpha value is -0.300. The van der Waals surface area contributed by atoms with E-state index < -0.39 is 0 Å². The molecule has 9 heavy (non-hydrogen) atoms. The van der Waals surface area contributed by atoms with Crippen molar-refractivity contribution in [2.45, 2.75) is 20.8 Å². The number of hydrogen-bond donors (Lipinski definition) is 1. The van der Waals surface area contributed by atoms with Crippen molar-refractivity contribution in [3.05, 3.63) is 12.7 Å². The van der Waals surface area contributed by atoms with Crippen LogP contribution in [0.1, 0.15) is 20.8 Å². The SMILES string of the molecule is C=C[C@@H](C)C(C)(C)CN. The van der Waals surface area contributed by atoms with Crippen molar-refractivity contribution >= 4 is 0 Å². The van der Waals surface area contributed by atoms with Crippen molar-refractivity contribution in [3.8, 4) is 0 Å². The number of allylic oxidation sites excluding steroid dienone is 1. The van der Waals surface area contributed by atoms with Crippen LogP contribution in [0.15, 0.2) is 12.7 Å². The van der Waals surface area contributed by atoms with Crippen LogP contribution < -0.4 is 5.73 Å². The molecule has 2 N–H and O–H groups in total. The summed E-state index contributed by atoms with van der Waals surface area (Å²) >= 11 is 0. The van der Waals surface area contributed by atoms with Gasteiger partial charge in [0.15, 0.2) is 0 Å². The fourth-order valence-electron chi connectivity index (χ4n) is 0.505. The van der Waals surface area contributed by atoms with E-state index in [2.05, 4.69) is 27.4 Å². The Morgan fingerprint density at radius 3 is 2.22 bits per heavy atom. The molecule has 1 atom stereocenters. The Bertz CT molecular complexity index is 94.7. The zero-order chi connectivity index (χ0) is 7.49. The first-order valence-electron chi connectivity index (χ1n) is 3.37. The maximum Gasteiger partial charge on any atom is -0.00203 e. The molecular formula is C8H17N. The lowest BCUT2D eigenvalue weighted by molar-refractivity contribution is 0.289. The van der Waals surface area contributed by atoms with Gasteiger partial charge in [-0.15, -0.1) is 6.58 Å². The van der Waals surface area contributed by atoms with Crippen molar-refractivity contribution in [1.82, 2.24) is 0 Å². The van der Waals surface area contributed by atoms with E-state index in [0.29, 0.717) is 5.92 Å². The molecular weight excluding hydrogens is 110 g/mol. The molecule has 0 bridgehead atoms. The van der Waals surface area contributed by atoms with E-state index >= 15 is 0 Å². The summed E-state index contributed by atoms with van der Waals surface area (Å²) in [5.74, 6) is 0.502. The molecule has 1 heteroatoms. The van der Waals surface area contributed by atoms with Gasteiger partial charge in [0.2, 0.25) is 0 Å². The van der Waals surface area contributed by atoms with E-state index in [-0.39, 0.29) is 5.41 Å². The van der Waals surface area contributed by atoms with Gasteiger partial charge in [0.1, 0.15) is 0 Å². The molecule has 0 saturated carbocycles. The Kier molecular flexibility index (Phi) is 2.92. The van der Waals surface area contributed by atoms with Crippen LogP contribution in [0.5, 0.6) is 0 Å². The van der Waals surface area contributed by atoms with Crippen LogP contribution in [0.3, 0.4) is 0 Å². The van der Waals surface area contributed by atoms with Gasteiger partial charge in [-0.25, -0.2) is 0 Å². The predicted molar refractivity (Wildman–Crippen MR) is 42.2 cm³/mol. The zero-order valence-corrected chi connectivity index (χ0v) is 6.65. The monoisotopic (exact) mass is 127 g/mol. The summed E-state index contributed by atoms with van der Waals surface area (Å²) in [6.07, 6.45) is 1.95. The third-order valence-electron chi connectivity index (χ3n) is 2.11. The summed E-state index contributed by atoms with van der Waals surface area (Å²) in [6, 6.07) is 0. The van der Waals surface area contributed by atoms with E-state index in [1.165, 1.54) is 0 Å². The Balaban J connectivity index is 3.95. The van der Waals surface area contributed by atoms with Gasteiger partial charge in [0.05, 0.1) is 0 Å². The second-order valence-corrected chi connectivity index (χ2v) is 3.22. The standard InChI is InChI=1S/C8H17N/c1-5-7(2)8(3,4)6-9/h5,7H,1,6,9H2,2-4H3/t7-/m1/s1. The highest BCUT2D eigenvalue weighted by atomic mass is 14.6. The van der Waals surface area contributed by atoms with Gasteiger partial charge in [-0.3, -0.25) is 0 Å². The Morgan fingerprint density at radius 1 is 1.67 bits per heavy atom. The minimum Gasteiger partial charge on any atom is -0.330 e. The molecule has 0 amide bonds. The topological polar surface area (TPSA) is 26.0 Å². The maximum absolute atomic E-state index is 5.54. The molecule has 1 nitrogen and oxygen atoms in total. The molecule has 0 aromatic heterocycles. The van der Waals surface area contributed by atoms with E-state index in [0.717, 1.165) is 6.54 Å². The molecule has 0 heterocycles. The minimum atomic E-state index is 0.210. The van der Waals surface area contributed by atoms with Crippen LogP contribution in [0.25, 0.3) is 0 Å². The van der Waals surface area contributed by atoms with Crippen LogP contribution in [0.4, 0.5) is 0 Å². The molecule has 0 spiro atoms. The first-order chi connectivity index (χ1) is 4.04. The smallest absolute Gasteiger partial charge is 0.00203 e. The second-order valence-electron chi connectivity index (χ2n) is 3.22. The molecule has 0 rings (SSSR count). The van der Waals surface area contributed by atoms with Gasteiger partial charge in [-0.2, -0.15) is 0 Å². The number of rotatable bonds is 3. The fourth-order valence-corrected chi connectivity index (χ4v) is 0.505. The normalized spacial score (nSPS) is 15.1. The van der Waals surface area contributed by atoms with Gasteiger partial charge in [-0.05, 0) is 17.9 Å². The molecule has 0 aromatic carbocycles. The summed E-state index contributed by atoms with van der Waals surface area (Å²) in [7, 11) is 0. The lowest BCUT2D eigenvalue weighted by Gasteiger charge is -2.27. The van der Waals surface area contributed by atoms with Gasteiger partial charge in [0, 0.05) is 0 Å². The number of nitrogens with two attached hydrogens (primary N) is 1. The number of hydrogen-bond acceptors (Lipinski definition) is 1. The lowest BCUT2D eigenvalue weighted by atomic mass is 9.80. The van der Waals surface area contributed by atoms with Crippen molar-refractivity contribution < 1.29 is 0 Å². The first-order valence-corrected chi connectivity index (χ1v) is 3.37. The van der Waals surface area contributed by atoms with Crippen molar-refractivity contribution in [2.24, 2.45) is 17.1 Å². The maximum atomic E-state index is 5.54. The quantitative estimate of drug-likeness (QED) is 0.575. The highest BCUT2D eigenvalue weighted by Crippen LogP contribution is 2.24. The van der Waals surface area contributed by atoms with E-state index in [1.54, 1.807) is 0 Å². The molecule has 0 radical (unpaired) electrons. The molecule has 0 aromatic rings. The highest BCUT2D eigenvalue weighted by Gasteiger charge is 2.20. The zero-order valence-electron chi connectivity index (χ0n) is 6.65. The molecule has 0 unspecified atom stereocenters. The van der Waals surface area contributed by atoms with Gasteiger partial charge < -0.3 is 5.73 Å². The summed E-state index contributed by atoms with van der Waals surface area (Å²) in [5.41, 5.74) is 5.75. The summed E-state index contributed by atoms with van der Waals surface area (Å²) in [4.78, 5) is 0. The average molecular weight is 127 g/mol. The van der Waals surface area contributed by atoms with Crippen molar-refractivity contribution in [3.63, 3.8) is 0 Å². The van der Waals surface area contributed by atoms with E-state index in [4.69, 9.17) is 5.73 Å². The van der Waals surface area contributed by atoms with Crippen LogP contribution in [-0.2, 0) is 0 Å². The van der Waals surface area contributed by atoms with Gasteiger partial charge >= 0.3 is 0 Å². The van der Waals surface area contributed by atoms with Crippen LogP contribution >= 0.6 is 0 Å². The van der Waals surface area contributed by atoms with Crippen LogP contribution in [0, 0.1) is 11.3 Å². The van der Waals surface area contributed by atoms with E-state index in [9.17, 15) is 0 Å². The fraction of sp³-hybridized carbons (Fsp3) is 0.750. The van der Waals surface area contributed by atoms with E-state index in [1.807, 2.05) is 6.08 Å². The second kappa shape index (κ2) is 3.02. The summed E-state index contributed by atoms with van der Waals surface area (Å²) in [5, 5.41) is 0. The Morgan fingerprint density at radius 2 is 2.11 bits per heavy atom. The van der Waals surface area contributed by atoms with Crippen LogP contribution in [-0.4, -0.2) is 6.54 Å². The summed E-state index contributed by atoms with van der Waals surface area (Å²) in [6.45, 7) is 10.9.